The second-order valence-corrected chi connectivity index (χ2v) is 5.72. The van der Waals surface area contributed by atoms with E-state index in [4.69, 9.17) is 0 Å². The first kappa shape index (κ1) is 13.4. The number of aryl methyl sites for hydroxylation is 1. The maximum Gasteiger partial charge on any atom is 0.239 e. The molecule has 1 aliphatic carbocycles. The van der Waals surface area contributed by atoms with Crippen LogP contribution in [0.2, 0.25) is 0 Å². The van der Waals surface area contributed by atoms with Gasteiger partial charge in [-0.05, 0) is 43.5 Å². The fourth-order valence-corrected chi connectivity index (χ4v) is 2.53. The van der Waals surface area contributed by atoms with E-state index in [2.05, 4.69) is 26.6 Å². The lowest BCUT2D eigenvalue weighted by Crippen LogP contribution is -2.36. The molecule has 0 unspecified atom stereocenters. The van der Waals surface area contributed by atoms with Gasteiger partial charge in [-0.25, -0.2) is 0 Å². The third-order valence-electron chi connectivity index (χ3n) is 3.33. The van der Waals surface area contributed by atoms with Gasteiger partial charge in [0.15, 0.2) is 0 Å². The fourth-order valence-electron chi connectivity index (χ4n) is 2.29. The van der Waals surface area contributed by atoms with Gasteiger partial charge in [0.05, 0.1) is 6.54 Å². The Morgan fingerprint density at radius 3 is 2.78 bits per heavy atom. The van der Waals surface area contributed by atoms with Crippen LogP contribution in [-0.4, -0.2) is 18.5 Å². The van der Waals surface area contributed by atoms with E-state index < -0.39 is 0 Å². The molecule has 0 saturated heterocycles. The van der Waals surface area contributed by atoms with E-state index in [0.29, 0.717) is 12.6 Å². The topological polar surface area (TPSA) is 41.1 Å². The minimum Gasteiger partial charge on any atom is -0.376 e. The van der Waals surface area contributed by atoms with Gasteiger partial charge in [0.25, 0.3) is 0 Å². The Morgan fingerprint density at radius 2 is 2.11 bits per heavy atom. The number of hydrogen-bond donors (Lipinski definition) is 2. The Labute approximate surface area is 116 Å². The van der Waals surface area contributed by atoms with Gasteiger partial charge in [-0.1, -0.05) is 28.8 Å². The molecule has 0 bridgehead atoms. The van der Waals surface area contributed by atoms with Gasteiger partial charge in [-0.2, -0.15) is 0 Å². The molecule has 0 heterocycles. The van der Waals surface area contributed by atoms with Crippen molar-refractivity contribution in [1.29, 1.82) is 0 Å². The molecule has 0 spiro atoms. The molecule has 2 rings (SSSR count). The van der Waals surface area contributed by atoms with Crippen molar-refractivity contribution in [3.63, 3.8) is 0 Å². The van der Waals surface area contributed by atoms with E-state index >= 15 is 0 Å². The van der Waals surface area contributed by atoms with Crippen molar-refractivity contribution in [3.8, 4) is 0 Å². The number of hydrogen-bond acceptors (Lipinski definition) is 2. The standard InChI is InChI=1S/C14H19BrN2O/c1-10-8-12(6-7-13(10)15)16-9-14(18)17-11-4-2-3-5-11/h6-8,11,16H,2-5,9H2,1H3,(H,17,18). The molecular formula is C14H19BrN2O. The molecule has 1 aromatic rings. The summed E-state index contributed by atoms with van der Waals surface area (Å²) in [4.78, 5) is 11.7. The lowest BCUT2D eigenvalue weighted by molar-refractivity contribution is -0.120. The summed E-state index contributed by atoms with van der Waals surface area (Å²) in [5, 5.41) is 6.22. The molecule has 0 aromatic heterocycles. The molecule has 1 aromatic carbocycles. The minimum atomic E-state index is 0.0856. The molecule has 1 saturated carbocycles. The highest BCUT2D eigenvalue weighted by atomic mass is 79.9. The quantitative estimate of drug-likeness (QED) is 0.896. The highest BCUT2D eigenvalue weighted by Gasteiger charge is 2.16. The Balaban J connectivity index is 1.79. The lowest BCUT2D eigenvalue weighted by Gasteiger charge is -2.13. The van der Waals surface area contributed by atoms with Gasteiger partial charge in [0.2, 0.25) is 5.91 Å². The van der Waals surface area contributed by atoms with E-state index in [1.807, 2.05) is 25.1 Å². The molecule has 1 amide bonds. The van der Waals surface area contributed by atoms with Gasteiger partial charge >= 0.3 is 0 Å². The van der Waals surface area contributed by atoms with Crippen LogP contribution in [-0.2, 0) is 4.79 Å². The lowest BCUT2D eigenvalue weighted by atomic mass is 10.2. The number of benzene rings is 1. The zero-order chi connectivity index (χ0) is 13.0. The van der Waals surface area contributed by atoms with Gasteiger partial charge in [-0.15, -0.1) is 0 Å². The van der Waals surface area contributed by atoms with Crippen molar-refractivity contribution in [1.82, 2.24) is 5.32 Å². The average molecular weight is 311 g/mol. The van der Waals surface area contributed by atoms with E-state index in [1.165, 1.54) is 12.8 Å². The first-order valence-electron chi connectivity index (χ1n) is 6.44. The first-order valence-corrected chi connectivity index (χ1v) is 7.24. The molecule has 2 N–H and O–H groups in total. The van der Waals surface area contributed by atoms with Crippen molar-refractivity contribution in [2.24, 2.45) is 0 Å². The van der Waals surface area contributed by atoms with Crippen LogP contribution in [0, 0.1) is 6.92 Å². The average Bonchev–Trinajstić information content (AvgIpc) is 2.83. The van der Waals surface area contributed by atoms with Crippen LogP contribution in [0.1, 0.15) is 31.2 Å². The molecule has 0 atom stereocenters. The van der Waals surface area contributed by atoms with E-state index in [-0.39, 0.29) is 5.91 Å². The Kier molecular flexibility index (Phi) is 4.64. The summed E-state index contributed by atoms with van der Waals surface area (Å²) in [6.07, 6.45) is 4.74. The van der Waals surface area contributed by atoms with Crippen LogP contribution in [0.5, 0.6) is 0 Å². The number of halogens is 1. The second-order valence-electron chi connectivity index (χ2n) is 4.87. The largest absolute Gasteiger partial charge is 0.376 e. The molecule has 18 heavy (non-hydrogen) atoms. The summed E-state index contributed by atoms with van der Waals surface area (Å²) in [6, 6.07) is 6.39. The van der Waals surface area contributed by atoms with Crippen LogP contribution in [0.3, 0.4) is 0 Å². The number of carbonyl (C=O) groups excluding carboxylic acids is 1. The number of anilines is 1. The molecule has 3 nitrogen and oxygen atoms in total. The van der Waals surface area contributed by atoms with Crippen LogP contribution >= 0.6 is 15.9 Å². The molecule has 1 fully saturated rings. The summed E-state index contributed by atoms with van der Waals surface area (Å²) < 4.78 is 1.09. The van der Waals surface area contributed by atoms with Gasteiger partial charge in [-0.3, -0.25) is 4.79 Å². The summed E-state index contributed by atoms with van der Waals surface area (Å²) in [5.74, 6) is 0.0856. The SMILES string of the molecule is Cc1cc(NCC(=O)NC2CCCC2)ccc1Br. The maximum absolute atomic E-state index is 11.7. The van der Waals surface area contributed by atoms with Crippen molar-refractivity contribution < 1.29 is 4.79 Å². The summed E-state index contributed by atoms with van der Waals surface area (Å²) in [7, 11) is 0. The summed E-state index contributed by atoms with van der Waals surface area (Å²) in [5.41, 5.74) is 2.15. The van der Waals surface area contributed by atoms with Crippen molar-refractivity contribution in [3.05, 3.63) is 28.2 Å². The first-order chi connectivity index (χ1) is 8.65. The number of nitrogens with one attached hydrogen (secondary N) is 2. The third kappa shape index (κ3) is 3.73. The monoisotopic (exact) mass is 310 g/mol. The molecule has 98 valence electrons. The fraction of sp³-hybridized carbons (Fsp3) is 0.500. The summed E-state index contributed by atoms with van der Waals surface area (Å²) >= 11 is 3.46. The molecule has 0 aliphatic heterocycles. The van der Waals surface area contributed by atoms with Crippen LogP contribution < -0.4 is 10.6 Å². The number of carbonyl (C=O) groups is 1. The molecule has 4 heteroatoms. The smallest absolute Gasteiger partial charge is 0.239 e. The Hall–Kier alpha value is -1.03. The van der Waals surface area contributed by atoms with E-state index in [9.17, 15) is 4.79 Å². The van der Waals surface area contributed by atoms with E-state index in [0.717, 1.165) is 28.6 Å². The molecular weight excluding hydrogens is 292 g/mol. The highest BCUT2D eigenvalue weighted by molar-refractivity contribution is 9.10. The van der Waals surface area contributed by atoms with E-state index in [1.54, 1.807) is 0 Å². The number of rotatable bonds is 4. The predicted molar refractivity (Wildman–Crippen MR) is 77.8 cm³/mol. The van der Waals surface area contributed by atoms with Crippen LogP contribution in [0.15, 0.2) is 22.7 Å². The molecule has 0 radical (unpaired) electrons. The van der Waals surface area contributed by atoms with Crippen molar-refractivity contribution in [2.45, 2.75) is 38.6 Å². The molecule has 1 aliphatic rings. The predicted octanol–water partition coefficient (Wildman–Crippen LogP) is 3.23. The third-order valence-corrected chi connectivity index (χ3v) is 4.22. The number of amides is 1. The maximum atomic E-state index is 11.7. The zero-order valence-electron chi connectivity index (χ0n) is 10.6. The zero-order valence-corrected chi connectivity index (χ0v) is 12.2. The van der Waals surface area contributed by atoms with Gasteiger partial charge in [0, 0.05) is 16.2 Å². The van der Waals surface area contributed by atoms with Crippen LogP contribution in [0.4, 0.5) is 5.69 Å². The van der Waals surface area contributed by atoms with Gasteiger partial charge in [0.1, 0.15) is 0 Å². The Morgan fingerprint density at radius 1 is 1.39 bits per heavy atom. The minimum absolute atomic E-state index is 0.0856. The summed E-state index contributed by atoms with van der Waals surface area (Å²) in [6.45, 7) is 2.38. The van der Waals surface area contributed by atoms with Crippen molar-refractivity contribution in [2.75, 3.05) is 11.9 Å². The van der Waals surface area contributed by atoms with Crippen LogP contribution in [0.25, 0.3) is 0 Å². The highest BCUT2D eigenvalue weighted by Crippen LogP contribution is 2.20. The van der Waals surface area contributed by atoms with Gasteiger partial charge < -0.3 is 10.6 Å². The van der Waals surface area contributed by atoms with Crippen molar-refractivity contribution >= 4 is 27.5 Å². The normalized spacial score (nSPS) is 15.7. The Bertz CT molecular complexity index is 428. The second kappa shape index (κ2) is 6.23.